The van der Waals surface area contributed by atoms with Gasteiger partial charge >= 0.3 is 5.97 Å². The third kappa shape index (κ3) is 1.90. The number of para-hydroxylation sites is 1. The van der Waals surface area contributed by atoms with Crippen LogP contribution < -0.4 is 5.73 Å². The molecule has 2 fully saturated rings. The van der Waals surface area contributed by atoms with Gasteiger partial charge in [-0.3, -0.25) is 0 Å². The van der Waals surface area contributed by atoms with Crippen molar-refractivity contribution in [3.05, 3.63) is 29.3 Å². The fraction of sp³-hybridized carbons (Fsp3) is 0.611. The lowest BCUT2D eigenvalue weighted by Gasteiger charge is -2.38. The standard InChI is InChI=1S/C18H25NO2/c1-11-6-5-7-13(15(11)19)16(20)21-14-10-12-8-9-18(14,4)17(12,2)3/h5-7,12,14H,8-10,19H2,1-4H3. The van der Waals surface area contributed by atoms with E-state index < -0.39 is 0 Å². The second-order valence-electron chi connectivity index (χ2n) is 7.54. The van der Waals surface area contributed by atoms with Gasteiger partial charge in [-0.2, -0.15) is 0 Å². The van der Waals surface area contributed by atoms with Crippen molar-refractivity contribution in [3.8, 4) is 0 Å². The summed E-state index contributed by atoms with van der Waals surface area (Å²) in [5, 5.41) is 0. The number of anilines is 1. The van der Waals surface area contributed by atoms with Gasteiger partial charge in [0.25, 0.3) is 0 Å². The number of rotatable bonds is 2. The Bertz CT molecular complexity index is 593. The third-order valence-corrected chi connectivity index (χ3v) is 6.51. The van der Waals surface area contributed by atoms with E-state index in [0.29, 0.717) is 17.2 Å². The highest BCUT2D eigenvalue weighted by Crippen LogP contribution is 2.66. The number of aryl methyl sites for hydroxylation is 1. The highest BCUT2D eigenvalue weighted by Gasteiger charge is 2.62. The summed E-state index contributed by atoms with van der Waals surface area (Å²) in [6, 6.07) is 5.52. The van der Waals surface area contributed by atoms with Crippen LogP contribution in [0.25, 0.3) is 0 Å². The molecule has 2 aliphatic carbocycles. The number of carbonyl (C=O) groups is 1. The van der Waals surface area contributed by atoms with Crippen LogP contribution in [0.1, 0.15) is 56.0 Å². The topological polar surface area (TPSA) is 52.3 Å². The Morgan fingerprint density at radius 1 is 1.33 bits per heavy atom. The SMILES string of the molecule is Cc1cccc(C(=O)OC2CC3CCC2(C)C3(C)C)c1N. The van der Waals surface area contributed by atoms with Crippen LogP contribution in [0.3, 0.4) is 0 Å². The van der Waals surface area contributed by atoms with Crippen LogP contribution in [0, 0.1) is 23.7 Å². The predicted octanol–water partition coefficient (Wildman–Crippen LogP) is 3.95. The molecule has 2 aliphatic rings. The zero-order valence-corrected chi connectivity index (χ0v) is 13.4. The maximum absolute atomic E-state index is 12.5. The first-order valence-corrected chi connectivity index (χ1v) is 7.83. The van der Waals surface area contributed by atoms with Gasteiger partial charge in [-0.25, -0.2) is 4.79 Å². The molecule has 3 unspecified atom stereocenters. The van der Waals surface area contributed by atoms with Crippen molar-refractivity contribution in [2.45, 2.75) is 53.1 Å². The van der Waals surface area contributed by atoms with Gasteiger partial charge in [-0.15, -0.1) is 0 Å². The first-order valence-electron chi connectivity index (χ1n) is 7.83. The predicted molar refractivity (Wildman–Crippen MR) is 84.0 cm³/mol. The summed E-state index contributed by atoms with van der Waals surface area (Å²) in [5.41, 5.74) is 8.31. The molecule has 3 heteroatoms. The van der Waals surface area contributed by atoms with E-state index in [1.54, 1.807) is 6.07 Å². The monoisotopic (exact) mass is 287 g/mol. The Labute approximate surface area is 126 Å². The molecule has 0 heterocycles. The van der Waals surface area contributed by atoms with Crippen LogP contribution in [0.15, 0.2) is 18.2 Å². The molecule has 0 saturated heterocycles. The summed E-state index contributed by atoms with van der Waals surface area (Å²) >= 11 is 0. The number of benzene rings is 1. The molecular formula is C18H25NO2. The van der Waals surface area contributed by atoms with Crippen molar-refractivity contribution >= 4 is 11.7 Å². The van der Waals surface area contributed by atoms with Crippen molar-refractivity contribution in [2.24, 2.45) is 16.7 Å². The van der Waals surface area contributed by atoms with Gasteiger partial charge in [0.2, 0.25) is 0 Å². The smallest absolute Gasteiger partial charge is 0.340 e. The molecule has 1 aromatic rings. The summed E-state index contributed by atoms with van der Waals surface area (Å²) in [6.07, 6.45) is 3.40. The second-order valence-corrected chi connectivity index (χ2v) is 7.54. The lowest BCUT2D eigenvalue weighted by Crippen LogP contribution is -2.38. The van der Waals surface area contributed by atoms with E-state index in [4.69, 9.17) is 10.5 Å². The molecule has 2 bridgehead atoms. The molecule has 0 aliphatic heterocycles. The van der Waals surface area contributed by atoms with Gasteiger partial charge in [0.15, 0.2) is 0 Å². The van der Waals surface area contributed by atoms with E-state index in [0.717, 1.165) is 18.4 Å². The number of carbonyl (C=O) groups excluding carboxylic acids is 1. The van der Waals surface area contributed by atoms with Crippen molar-refractivity contribution < 1.29 is 9.53 Å². The molecule has 3 rings (SSSR count). The Morgan fingerprint density at radius 3 is 2.62 bits per heavy atom. The Morgan fingerprint density at radius 2 is 2.05 bits per heavy atom. The van der Waals surface area contributed by atoms with Gasteiger partial charge in [-0.05, 0) is 49.1 Å². The molecule has 0 spiro atoms. The molecule has 114 valence electrons. The normalized spacial score (nSPS) is 33.1. The Hall–Kier alpha value is -1.51. The third-order valence-electron chi connectivity index (χ3n) is 6.51. The second kappa shape index (κ2) is 4.49. The summed E-state index contributed by atoms with van der Waals surface area (Å²) in [4.78, 5) is 12.5. The highest BCUT2D eigenvalue weighted by molar-refractivity contribution is 5.95. The van der Waals surface area contributed by atoms with Crippen molar-refractivity contribution in [3.63, 3.8) is 0 Å². The van der Waals surface area contributed by atoms with Gasteiger partial charge in [0.05, 0.1) is 5.56 Å². The zero-order valence-electron chi connectivity index (χ0n) is 13.4. The molecule has 2 N–H and O–H groups in total. The minimum atomic E-state index is -0.272. The zero-order chi connectivity index (χ0) is 15.4. The van der Waals surface area contributed by atoms with Gasteiger partial charge < -0.3 is 10.5 Å². The minimum absolute atomic E-state index is 0.0127. The van der Waals surface area contributed by atoms with Crippen LogP contribution >= 0.6 is 0 Å². The van der Waals surface area contributed by atoms with Crippen molar-refractivity contribution in [2.75, 3.05) is 5.73 Å². The quantitative estimate of drug-likeness (QED) is 0.662. The molecular weight excluding hydrogens is 262 g/mol. The average molecular weight is 287 g/mol. The number of nitrogen functional groups attached to an aromatic ring is 1. The van der Waals surface area contributed by atoms with Gasteiger partial charge in [0, 0.05) is 11.1 Å². The molecule has 0 amide bonds. The number of hydrogen-bond acceptors (Lipinski definition) is 3. The largest absolute Gasteiger partial charge is 0.458 e. The summed E-state index contributed by atoms with van der Waals surface area (Å²) in [5.74, 6) is 0.390. The van der Waals surface area contributed by atoms with Crippen molar-refractivity contribution in [1.82, 2.24) is 0 Å². The Balaban J connectivity index is 1.82. The lowest BCUT2D eigenvalue weighted by atomic mass is 9.70. The van der Waals surface area contributed by atoms with E-state index in [1.807, 2.05) is 19.1 Å². The molecule has 2 saturated carbocycles. The van der Waals surface area contributed by atoms with E-state index in [-0.39, 0.29) is 22.9 Å². The lowest BCUT2D eigenvalue weighted by molar-refractivity contribution is -0.0241. The molecule has 21 heavy (non-hydrogen) atoms. The van der Waals surface area contributed by atoms with Gasteiger partial charge in [0.1, 0.15) is 6.10 Å². The van der Waals surface area contributed by atoms with E-state index in [1.165, 1.54) is 6.42 Å². The van der Waals surface area contributed by atoms with Crippen LogP contribution in [0.5, 0.6) is 0 Å². The van der Waals surface area contributed by atoms with E-state index in [2.05, 4.69) is 20.8 Å². The minimum Gasteiger partial charge on any atom is -0.458 e. The highest BCUT2D eigenvalue weighted by atomic mass is 16.5. The fourth-order valence-electron chi connectivity index (χ4n) is 4.36. The average Bonchev–Trinajstić information content (AvgIpc) is 2.75. The first-order chi connectivity index (χ1) is 9.77. The number of ether oxygens (including phenoxy) is 1. The maximum atomic E-state index is 12.5. The Kier molecular flexibility index (Phi) is 3.09. The number of nitrogens with two attached hydrogens (primary N) is 1. The van der Waals surface area contributed by atoms with Crippen LogP contribution in [-0.4, -0.2) is 12.1 Å². The molecule has 1 aromatic carbocycles. The molecule has 3 nitrogen and oxygen atoms in total. The first kappa shape index (κ1) is 14.4. The number of esters is 1. The molecule has 3 atom stereocenters. The number of hydrogen-bond donors (Lipinski definition) is 1. The van der Waals surface area contributed by atoms with E-state index >= 15 is 0 Å². The summed E-state index contributed by atoms with van der Waals surface area (Å²) < 4.78 is 5.89. The number of fused-ring (bicyclic) bond motifs is 2. The van der Waals surface area contributed by atoms with Crippen LogP contribution in [-0.2, 0) is 4.74 Å². The molecule has 0 radical (unpaired) electrons. The summed E-state index contributed by atoms with van der Waals surface area (Å²) in [6.45, 7) is 8.82. The fourth-order valence-corrected chi connectivity index (χ4v) is 4.36. The summed E-state index contributed by atoms with van der Waals surface area (Å²) in [7, 11) is 0. The molecule has 0 aromatic heterocycles. The van der Waals surface area contributed by atoms with Crippen LogP contribution in [0.2, 0.25) is 0 Å². The van der Waals surface area contributed by atoms with Crippen molar-refractivity contribution in [1.29, 1.82) is 0 Å². The van der Waals surface area contributed by atoms with Gasteiger partial charge in [-0.1, -0.05) is 32.9 Å². The van der Waals surface area contributed by atoms with Crippen LogP contribution in [0.4, 0.5) is 5.69 Å². The maximum Gasteiger partial charge on any atom is 0.340 e. The van der Waals surface area contributed by atoms with E-state index in [9.17, 15) is 4.79 Å².